The fourth-order valence-electron chi connectivity index (χ4n) is 3.99. The number of carbonyl (C=O) groups is 1. The van der Waals surface area contributed by atoms with Crippen LogP contribution in [0.2, 0.25) is 16.6 Å². The van der Waals surface area contributed by atoms with Gasteiger partial charge in [0.15, 0.2) is 0 Å². The zero-order valence-corrected chi connectivity index (χ0v) is 19.4. The third-order valence-electron chi connectivity index (χ3n) is 5.33. The third kappa shape index (κ3) is 5.07. The molecule has 0 amide bonds. The molecule has 1 aromatic carbocycles. The minimum absolute atomic E-state index is 0.0869. The van der Waals surface area contributed by atoms with Crippen LogP contribution in [-0.4, -0.2) is 36.1 Å². The van der Waals surface area contributed by atoms with Gasteiger partial charge in [-0.1, -0.05) is 63.8 Å². The van der Waals surface area contributed by atoms with Crippen molar-refractivity contribution in [1.29, 1.82) is 0 Å². The van der Waals surface area contributed by atoms with Crippen molar-refractivity contribution in [3.8, 4) is 23.1 Å². The summed E-state index contributed by atoms with van der Waals surface area (Å²) in [6.07, 6.45) is 0. The monoisotopic (exact) mass is 413 g/mol. The van der Waals surface area contributed by atoms with Crippen LogP contribution >= 0.6 is 0 Å². The van der Waals surface area contributed by atoms with Gasteiger partial charge in [-0.25, -0.2) is 9.89 Å². The minimum Gasteiger partial charge on any atom is -0.461 e. The fraction of sp³-hybridized carbons (Fsp3) is 0.500. The molecule has 7 heteroatoms. The van der Waals surface area contributed by atoms with Crippen LogP contribution in [0.15, 0.2) is 24.3 Å². The number of nitrogens with one attached hydrogen (secondary N) is 1. The summed E-state index contributed by atoms with van der Waals surface area (Å²) < 4.78 is 10.8. The van der Waals surface area contributed by atoms with Gasteiger partial charge >= 0.3 is 5.97 Å². The van der Waals surface area contributed by atoms with E-state index in [0.717, 1.165) is 5.56 Å². The van der Waals surface area contributed by atoms with Crippen molar-refractivity contribution in [2.45, 2.75) is 65.1 Å². The molecule has 0 aliphatic carbocycles. The van der Waals surface area contributed by atoms with Crippen LogP contribution in [0.3, 0.4) is 0 Å². The van der Waals surface area contributed by atoms with Gasteiger partial charge in [0.2, 0.25) is 5.69 Å². The van der Waals surface area contributed by atoms with E-state index in [1.165, 1.54) is 0 Å². The van der Waals surface area contributed by atoms with E-state index in [2.05, 4.69) is 68.4 Å². The average Bonchev–Trinajstić information content (AvgIpc) is 3.10. The van der Waals surface area contributed by atoms with E-state index >= 15 is 0 Å². The Morgan fingerprint density at radius 2 is 1.79 bits per heavy atom. The first kappa shape index (κ1) is 22.7. The zero-order valence-electron chi connectivity index (χ0n) is 18.4. The van der Waals surface area contributed by atoms with Gasteiger partial charge in [0.25, 0.3) is 5.88 Å². The summed E-state index contributed by atoms with van der Waals surface area (Å²) in [6, 6.07) is 7.51. The molecule has 0 unspecified atom stereocenters. The highest BCUT2D eigenvalue weighted by molar-refractivity contribution is 6.90. The SMILES string of the molecule is CCOC(=O)c1[nH]nnc1Oc1cccc(C#C[Si](C(C)C)(C(C)C)C(C)C)c1. The van der Waals surface area contributed by atoms with Gasteiger partial charge in [0.1, 0.15) is 13.8 Å². The maximum atomic E-state index is 12.0. The Labute approximate surface area is 174 Å². The summed E-state index contributed by atoms with van der Waals surface area (Å²) in [7, 11) is -1.81. The van der Waals surface area contributed by atoms with Crippen LogP contribution in [0.1, 0.15) is 64.5 Å². The van der Waals surface area contributed by atoms with E-state index in [4.69, 9.17) is 9.47 Å². The Hall–Kier alpha value is -2.59. The third-order valence-corrected chi connectivity index (χ3v) is 11.6. The molecule has 0 fully saturated rings. The summed E-state index contributed by atoms with van der Waals surface area (Å²) in [4.78, 5) is 12.0. The van der Waals surface area contributed by atoms with Crippen LogP contribution in [0.5, 0.6) is 11.6 Å². The molecule has 0 radical (unpaired) electrons. The predicted molar refractivity (Wildman–Crippen MR) is 117 cm³/mol. The molecular formula is C22H31N3O3Si. The Morgan fingerprint density at radius 3 is 2.38 bits per heavy atom. The van der Waals surface area contributed by atoms with Gasteiger partial charge in [-0.05, 0) is 41.7 Å². The second-order valence-corrected chi connectivity index (χ2v) is 13.6. The lowest BCUT2D eigenvalue weighted by Gasteiger charge is -2.38. The predicted octanol–water partition coefficient (Wildman–Crippen LogP) is 5.34. The number of carbonyl (C=O) groups excluding carboxylic acids is 1. The first-order chi connectivity index (χ1) is 13.7. The molecule has 1 N–H and O–H groups in total. The highest BCUT2D eigenvalue weighted by Crippen LogP contribution is 2.40. The summed E-state index contributed by atoms with van der Waals surface area (Å²) in [6.45, 7) is 15.8. The number of nitrogens with zero attached hydrogens (tertiary/aromatic N) is 2. The summed E-state index contributed by atoms with van der Waals surface area (Å²) >= 11 is 0. The van der Waals surface area contributed by atoms with Crippen molar-refractivity contribution in [3.63, 3.8) is 0 Å². The highest BCUT2D eigenvalue weighted by atomic mass is 28.3. The lowest BCUT2D eigenvalue weighted by atomic mass is 10.2. The number of ether oxygens (including phenoxy) is 2. The van der Waals surface area contributed by atoms with Crippen molar-refractivity contribution in [2.24, 2.45) is 0 Å². The van der Waals surface area contributed by atoms with Gasteiger partial charge in [0.05, 0.1) is 6.61 Å². The normalized spacial score (nSPS) is 11.5. The number of benzene rings is 1. The molecule has 0 saturated carbocycles. The van der Waals surface area contributed by atoms with Crippen molar-refractivity contribution in [3.05, 3.63) is 35.5 Å². The van der Waals surface area contributed by atoms with Crippen molar-refractivity contribution in [2.75, 3.05) is 6.61 Å². The van der Waals surface area contributed by atoms with Gasteiger partial charge in [-0.3, -0.25) is 0 Å². The Morgan fingerprint density at radius 1 is 1.14 bits per heavy atom. The smallest absolute Gasteiger partial charge is 0.362 e. The van der Waals surface area contributed by atoms with E-state index in [9.17, 15) is 4.79 Å². The topological polar surface area (TPSA) is 77.1 Å². The highest BCUT2D eigenvalue weighted by Gasteiger charge is 2.41. The summed E-state index contributed by atoms with van der Waals surface area (Å²) in [5.74, 6) is 3.48. The van der Waals surface area contributed by atoms with Crippen LogP contribution in [-0.2, 0) is 4.74 Å². The van der Waals surface area contributed by atoms with Crippen molar-refractivity contribution < 1.29 is 14.3 Å². The van der Waals surface area contributed by atoms with Crippen LogP contribution in [0.25, 0.3) is 0 Å². The largest absolute Gasteiger partial charge is 0.461 e. The molecule has 0 bridgehead atoms. The quantitative estimate of drug-likeness (QED) is 0.376. The van der Waals surface area contributed by atoms with E-state index in [-0.39, 0.29) is 18.2 Å². The van der Waals surface area contributed by atoms with Gasteiger partial charge in [0, 0.05) is 5.56 Å². The molecule has 0 saturated heterocycles. The number of esters is 1. The molecule has 29 heavy (non-hydrogen) atoms. The van der Waals surface area contributed by atoms with Gasteiger partial charge < -0.3 is 9.47 Å². The number of hydrogen-bond donors (Lipinski definition) is 1. The molecule has 156 valence electrons. The maximum absolute atomic E-state index is 12.0. The van der Waals surface area contributed by atoms with Crippen molar-refractivity contribution >= 4 is 14.0 Å². The maximum Gasteiger partial charge on any atom is 0.362 e. The second-order valence-electron chi connectivity index (χ2n) is 7.99. The van der Waals surface area contributed by atoms with E-state index in [1.807, 2.05) is 18.2 Å². The van der Waals surface area contributed by atoms with Gasteiger partial charge in [-0.2, -0.15) is 0 Å². The molecule has 0 spiro atoms. The fourth-order valence-corrected chi connectivity index (χ4v) is 9.22. The minimum atomic E-state index is -1.81. The molecule has 1 heterocycles. The number of aromatic amines is 1. The summed E-state index contributed by atoms with van der Waals surface area (Å²) in [5.41, 5.74) is 6.37. The number of aromatic nitrogens is 3. The van der Waals surface area contributed by atoms with Crippen LogP contribution in [0, 0.1) is 11.5 Å². The molecule has 0 aliphatic rings. The van der Waals surface area contributed by atoms with Crippen LogP contribution in [0.4, 0.5) is 0 Å². The van der Waals surface area contributed by atoms with Crippen molar-refractivity contribution in [1.82, 2.24) is 15.4 Å². The molecule has 2 aromatic rings. The molecule has 2 rings (SSSR count). The standard InChI is InChI=1S/C22H31N3O3Si/c1-8-27-22(26)20-21(24-25-23-20)28-19-11-9-10-18(14-19)12-13-29(15(2)3,16(4)5)17(6)7/h9-11,14-17H,8H2,1-7H3,(H,23,24,25). The van der Waals surface area contributed by atoms with E-state index in [0.29, 0.717) is 22.4 Å². The molecule has 1 aromatic heterocycles. The Balaban J connectivity index is 2.31. The Kier molecular flexibility index (Phi) is 7.63. The lowest BCUT2D eigenvalue weighted by molar-refractivity contribution is 0.0516. The zero-order chi connectivity index (χ0) is 21.6. The molecule has 0 aliphatic heterocycles. The number of rotatable bonds is 7. The van der Waals surface area contributed by atoms with Gasteiger partial charge in [-0.15, -0.1) is 5.54 Å². The average molecular weight is 414 g/mol. The lowest BCUT2D eigenvalue weighted by Crippen LogP contribution is -2.43. The second kappa shape index (κ2) is 9.75. The molecular weight excluding hydrogens is 382 g/mol. The first-order valence-corrected chi connectivity index (χ1v) is 12.3. The first-order valence-electron chi connectivity index (χ1n) is 10.1. The van der Waals surface area contributed by atoms with Crippen LogP contribution < -0.4 is 4.74 Å². The summed E-state index contributed by atoms with van der Waals surface area (Å²) in [5, 5.41) is 10.0. The van der Waals surface area contributed by atoms with E-state index < -0.39 is 14.0 Å². The molecule has 0 atom stereocenters. The number of H-pyrrole nitrogens is 1. The van der Waals surface area contributed by atoms with E-state index in [1.54, 1.807) is 13.0 Å². The number of hydrogen-bond acceptors (Lipinski definition) is 5. The molecule has 6 nitrogen and oxygen atoms in total. The Bertz CT molecular complexity index is 872.